The Labute approximate surface area is 158 Å². The van der Waals surface area contributed by atoms with Gasteiger partial charge in [-0.05, 0) is 54.4 Å². The number of fused-ring (bicyclic) bond motifs is 1. The first-order valence-corrected chi connectivity index (χ1v) is 8.70. The van der Waals surface area contributed by atoms with Gasteiger partial charge in [0.2, 0.25) is 5.95 Å². The molecule has 136 valence electrons. The quantitative estimate of drug-likeness (QED) is 0.489. The van der Waals surface area contributed by atoms with E-state index in [9.17, 15) is 9.18 Å². The summed E-state index contributed by atoms with van der Waals surface area (Å²) >= 11 is 6.06. The molecule has 0 saturated heterocycles. The maximum atomic E-state index is 13.0. The van der Waals surface area contributed by atoms with Crippen molar-refractivity contribution in [3.63, 3.8) is 0 Å². The van der Waals surface area contributed by atoms with Crippen molar-refractivity contribution >= 4 is 28.5 Å². The molecule has 2 heterocycles. The minimum atomic E-state index is -0.391. The third kappa shape index (κ3) is 3.68. The SMILES string of the molecule is O=c1[nH]c(NCCc2c[nH]c3ccc(Cl)cc23)nnc1-c1ccc(F)cc1. The Morgan fingerprint density at radius 2 is 1.93 bits per heavy atom. The number of hydrogen-bond acceptors (Lipinski definition) is 4. The van der Waals surface area contributed by atoms with Crippen LogP contribution in [0.25, 0.3) is 22.2 Å². The largest absolute Gasteiger partial charge is 0.361 e. The Balaban J connectivity index is 1.45. The van der Waals surface area contributed by atoms with E-state index >= 15 is 0 Å². The average molecular weight is 384 g/mol. The molecule has 4 rings (SSSR count). The second kappa shape index (κ2) is 7.20. The zero-order chi connectivity index (χ0) is 18.8. The third-order valence-corrected chi connectivity index (χ3v) is 4.47. The van der Waals surface area contributed by atoms with Crippen LogP contribution in [0.3, 0.4) is 0 Å². The van der Waals surface area contributed by atoms with E-state index < -0.39 is 5.56 Å². The molecule has 4 aromatic rings. The van der Waals surface area contributed by atoms with Crippen molar-refractivity contribution < 1.29 is 4.39 Å². The maximum Gasteiger partial charge on any atom is 0.279 e. The van der Waals surface area contributed by atoms with Gasteiger partial charge >= 0.3 is 0 Å². The first-order valence-electron chi connectivity index (χ1n) is 8.32. The number of halogens is 2. The van der Waals surface area contributed by atoms with E-state index in [-0.39, 0.29) is 17.5 Å². The van der Waals surface area contributed by atoms with Crippen molar-refractivity contribution in [2.24, 2.45) is 0 Å². The summed E-state index contributed by atoms with van der Waals surface area (Å²) in [4.78, 5) is 18.1. The maximum absolute atomic E-state index is 13.0. The molecule has 2 aromatic heterocycles. The Morgan fingerprint density at radius 1 is 1.11 bits per heavy atom. The van der Waals surface area contributed by atoms with Crippen LogP contribution in [0.15, 0.2) is 53.5 Å². The highest BCUT2D eigenvalue weighted by Crippen LogP contribution is 2.22. The molecule has 27 heavy (non-hydrogen) atoms. The lowest BCUT2D eigenvalue weighted by molar-refractivity contribution is 0.628. The number of rotatable bonds is 5. The van der Waals surface area contributed by atoms with Crippen LogP contribution < -0.4 is 10.9 Å². The molecule has 0 bridgehead atoms. The first-order chi connectivity index (χ1) is 13.1. The van der Waals surface area contributed by atoms with Gasteiger partial charge in [0.25, 0.3) is 5.56 Å². The lowest BCUT2D eigenvalue weighted by atomic mass is 10.1. The Hall–Kier alpha value is -3.19. The number of nitrogens with zero attached hydrogens (tertiary/aromatic N) is 2. The van der Waals surface area contributed by atoms with E-state index in [1.165, 1.54) is 24.3 Å². The van der Waals surface area contributed by atoms with Gasteiger partial charge in [0, 0.05) is 34.2 Å². The molecule has 0 saturated carbocycles. The fourth-order valence-corrected chi connectivity index (χ4v) is 3.06. The Morgan fingerprint density at radius 3 is 2.70 bits per heavy atom. The summed E-state index contributed by atoms with van der Waals surface area (Å²) < 4.78 is 13.0. The van der Waals surface area contributed by atoms with E-state index in [4.69, 9.17) is 11.6 Å². The number of hydrogen-bond donors (Lipinski definition) is 3. The molecule has 0 fully saturated rings. The van der Waals surface area contributed by atoms with Crippen molar-refractivity contribution in [3.8, 4) is 11.3 Å². The fraction of sp³-hybridized carbons (Fsp3) is 0.105. The predicted octanol–water partition coefficient (Wildman–Crippen LogP) is 3.76. The minimum absolute atomic E-state index is 0.145. The number of anilines is 1. The van der Waals surface area contributed by atoms with Crippen LogP contribution in [-0.4, -0.2) is 26.7 Å². The molecule has 0 unspecified atom stereocenters. The van der Waals surface area contributed by atoms with Crippen molar-refractivity contribution in [3.05, 3.63) is 75.4 Å². The highest BCUT2D eigenvalue weighted by atomic mass is 35.5. The highest BCUT2D eigenvalue weighted by Gasteiger charge is 2.08. The lowest BCUT2D eigenvalue weighted by Gasteiger charge is -2.05. The topological polar surface area (TPSA) is 86.5 Å². The summed E-state index contributed by atoms with van der Waals surface area (Å²) in [6.07, 6.45) is 2.65. The minimum Gasteiger partial charge on any atom is -0.361 e. The molecule has 6 nitrogen and oxygen atoms in total. The summed E-state index contributed by atoms with van der Waals surface area (Å²) in [7, 11) is 0. The van der Waals surface area contributed by atoms with Crippen LogP contribution in [0.4, 0.5) is 10.3 Å². The monoisotopic (exact) mass is 383 g/mol. The summed E-state index contributed by atoms with van der Waals surface area (Å²) in [5.74, 6) is -0.0938. The average Bonchev–Trinajstić information content (AvgIpc) is 3.05. The summed E-state index contributed by atoms with van der Waals surface area (Å²) in [5, 5.41) is 12.8. The number of aromatic amines is 2. The van der Waals surface area contributed by atoms with Gasteiger partial charge in [-0.25, -0.2) is 4.39 Å². The molecule has 0 amide bonds. The number of H-pyrrole nitrogens is 2. The smallest absolute Gasteiger partial charge is 0.279 e. The van der Waals surface area contributed by atoms with Crippen LogP contribution in [0.1, 0.15) is 5.56 Å². The van der Waals surface area contributed by atoms with E-state index in [1.807, 2.05) is 24.4 Å². The van der Waals surface area contributed by atoms with E-state index in [0.717, 1.165) is 16.5 Å². The predicted molar refractivity (Wildman–Crippen MR) is 104 cm³/mol. The standard InChI is InChI=1S/C19H15ClFN5O/c20-13-3-6-16-15(9-13)12(10-23-16)7-8-22-19-24-18(27)17(25-26-19)11-1-4-14(21)5-2-11/h1-6,9-10,23H,7-8H2,(H2,22,24,26,27). The number of benzene rings is 2. The molecule has 0 radical (unpaired) electrons. The second-order valence-electron chi connectivity index (χ2n) is 6.04. The Bertz CT molecular complexity index is 1150. The van der Waals surface area contributed by atoms with Crippen LogP contribution in [-0.2, 0) is 6.42 Å². The van der Waals surface area contributed by atoms with Crippen LogP contribution >= 0.6 is 11.6 Å². The molecule has 8 heteroatoms. The van der Waals surface area contributed by atoms with Gasteiger partial charge in [0.05, 0.1) is 0 Å². The lowest BCUT2D eigenvalue weighted by Crippen LogP contribution is -2.18. The molecule has 2 aromatic carbocycles. The molecular weight excluding hydrogens is 369 g/mol. The van der Waals surface area contributed by atoms with Crippen LogP contribution in [0.2, 0.25) is 5.02 Å². The van der Waals surface area contributed by atoms with E-state index in [1.54, 1.807) is 0 Å². The first kappa shape index (κ1) is 17.2. The molecule has 0 aliphatic heterocycles. The second-order valence-corrected chi connectivity index (χ2v) is 6.48. The fourth-order valence-electron chi connectivity index (χ4n) is 2.89. The number of nitrogens with one attached hydrogen (secondary N) is 3. The summed E-state index contributed by atoms with van der Waals surface area (Å²) in [6.45, 7) is 0.556. The molecule has 0 spiro atoms. The Kier molecular flexibility index (Phi) is 4.60. The molecule has 0 aliphatic carbocycles. The van der Waals surface area contributed by atoms with Gasteiger partial charge in [-0.3, -0.25) is 9.78 Å². The van der Waals surface area contributed by atoms with E-state index in [0.29, 0.717) is 23.6 Å². The van der Waals surface area contributed by atoms with Gasteiger partial charge in [-0.1, -0.05) is 11.6 Å². The van der Waals surface area contributed by atoms with Crippen molar-refractivity contribution in [2.45, 2.75) is 6.42 Å². The summed E-state index contributed by atoms with van der Waals surface area (Å²) in [6, 6.07) is 11.2. The van der Waals surface area contributed by atoms with Crippen molar-refractivity contribution in [1.82, 2.24) is 20.2 Å². The molecule has 0 aliphatic rings. The van der Waals surface area contributed by atoms with Crippen molar-refractivity contribution in [2.75, 3.05) is 11.9 Å². The molecule has 3 N–H and O–H groups in total. The summed E-state index contributed by atoms with van der Waals surface area (Å²) in [5.41, 5.74) is 2.39. The normalized spacial score (nSPS) is 11.0. The molecular formula is C19H15ClFN5O. The zero-order valence-electron chi connectivity index (χ0n) is 14.1. The van der Waals surface area contributed by atoms with Gasteiger partial charge in [-0.2, -0.15) is 0 Å². The highest BCUT2D eigenvalue weighted by molar-refractivity contribution is 6.31. The molecule has 0 atom stereocenters. The van der Waals surface area contributed by atoms with Crippen LogP contribution in [0.5, 0.6) is 0 Å². The zero-order valence-corrected chi connectivity index (χ0v) is 14.8. The third-order valence-electron chi connectivity index (χ3n) is 4.23. The van der Waals surface area contributed by atoms with Gasteiger partial charge in [-0.15, -0.1) is 10.2 Å². The van der Waals surface area contributed by atoms with Gasteiger partial charge < -0.3 is 10.3 Å². The van der Waals surface area contributed by atoms with Gasteiger partial charge in [0.1, 0.15) is 5.82 Å². The van der Waals surface area contributed by atoms with E-state index in [2.05, 4.69) is 25.5 Å². The van der Waals surface area contributed by atoms with Gasteiger partial charge in [0.15, 0.2) is 5.69 Å². The van der Waals surface area contributed by atoms with Crippen molar-refractivity contribution in [1.29, 1.82) is 0 Å². The number of aromatic nitrogens is 4. The van der Waals surface area contributed by atoms with Crippen LogP contribution in [0, 0.1) is 5.82 Å².